The lowest BCUT2D eigenvalue weighted by Gasteiger charge is -2.22. The maximum atomic E-state index is 13.3. The Morgan fingerprint density at radius 1 is 1.00 bits per heavy atom. The number of nitrogens with zero attached hydrogens (tertiary/aromatic N) is 1. The zero-order chi connectivity index (χ0) is 20.2. The van der Waals surface area contributed by atoms with Gasteiger partial charge >= 0.3 is 0 Å². The Bertz CT molecular complexity index is 1360. The van der Waals surface area contributed by atoms with Crippen LogP contribution in [0.25, 0.3) is 21.7 Å². The number of benzene rings is 3. The molecule has 148 valence electrons. The summed E-state index contributed by atoms with van der Waals surface area (Å²) in [6.45, 7) is 1.82. The number of nitrogens with one attached hydrogen (secondary N) is 2. The molecular weight excluding hydrogens is 406 g/mol. The largest absolute Gasteiger partial charge is 0.355 e. The van der Waals surface area contributed by atoms with Crippen molar-refractivity contribution in [3.8, 4) is 0 Å². The number of para-hydroxylation sites is 1. The second-order valence-corrected chi connectivity index (χ2v) is 9.55. The number of anilines is 1. The molecule has 1 aliphatic rings. The van der Waals surface area contributed by atoms with E-state index < -0.39 is 10.0 Å². The molecule has 0 saturated heterocycles. The highest BCUT2D eigenvalue weighted by atomic mass is 35.5. The molecule has 1 aromatic heterocycles. The lowest BCUT2D eigenvalue weighted by atomic mass is 10.0. The van der Waals surface area contributed by atoms with Crippen molar-refractivity contribution >= 4 is 49.0 Å². The van der Waals surface area contributed by atoms with Crippen LogP contribution in [-0.4, -0.2) is 31.9 Å². The van der Waals surface area contributed by atoms with Crippen molar-refractivity contribution in [1.82, 2.24) is 9.88 Å². The Kier molecular flexibility index (Phi) is 4.31. The van der Waals surface area contributed by atoms with Gasteiger partial charge in [0.25, 0.3) is 10.0 Å². The predicted octanol–water partition coefficient (Wildman–Crippen LogP) is 4.76. The Morgan fingerprint density at radius 2 is 1.72 bits per heavy atom. The average Bonchev–Trinajstić information content (AvgIpc) is 3.06. The second kappa shape index (κ2) is 6.76. The molecule has 0 atom stereocenters. The molecule has 3 aromatic carbocycles. The number of hydrogen-bond donors (Lipinski definition) is 2. The first-order chi connectivity index (χ1) is 13.9. The van der Waals surface area contributed by atoms with E-state index in [9.17, 15) is 8.42 Å². The van der Waals surface area contributed by atoms with E-state index in [4.69, 9.17) is 11.6 Å². The summed E-state index contributed by atoms with van der Waals surface area (Å²) < 4.78 is 29.4. The number of rotatable bonds is 3. The third-order valence-corrected chi connectivity index (χ3v) is 7.32. The van der Waals surface area contributed by atoms with Crippen LogP contribution in [0.2, 0.25) is 5.02 Å². The highest BCUT2D eigenvalue weighted by Crippen LogP contribution is 2.34. The lowest BCUT2D eigenvalue weighted by molar-refractivity contribution is 0.310. The molecular formula is C22H20ClN3O2S. The van der Waals surface area contributed by atoms with E-state index in [1.165, 1.54) is 5.56 Å². The third-order valence-electron chi connectivity index (χ3n) is 5.56. The van der Waals surface area contributed by atoms with Gasteiger partial charge in [-0.3, -0.25) is 4.72 Å². The number of sulfonamides is 1. The number of fused-ring (bicyclic) bond motifs is 4. The first kappa shape index (κ1) is 18.5. The van der Waals surface area contributed by atoms with Crippen molar-refractivity contribution in [2.75, 3.05) is 18.3 Å². The van der Waals surface area contributed by atoms with Crippen molar-refractivity contribution < 1.29 is 8.42 Å². The predicted molar refractivity (Wildman–Crippen MR) is 118 cm³/mol. The van der Waals surface area contributed by atoms with E-state index in [2.05, 4.69) is 21.7 Å². The van der Waals surface area contributed by atoms with Gasteiger partial charge in [-0.2, -0.15) is 0 Å². The number of aromatic amines is 1. The van der Waals surface area contributed by atoms with Crippen molar-refractivity contribution in [2.45, 2.75) is 17.9 Å². The molecule has 2 heterocycles. The van der Waals surface area contributed by atoms with E-state index in [1.807, 2.05) is 18.2 Å². The summed E-state index contributed by atoms with van der Waals surface area (Å²) in [4.78, 5) is 5.91. The van der Waals surface area contributed by atoms with Crippen LogP contribution >= 0.6 is 11.6 Å². The van der Waals surface area contributed by atoms with Gasteiger partial charge in [-0.05, 0) is 37.2 Å². The zero-order valence-corrected chi connectivity index (χ0v) is 17.4. The average molecular weight is 426 g/mol. The van der Waals surface area contributed by atoms with Crippen LogP contribution in [0.5, 0.6) is 0 Å². The summed E-state index contributed by atoms with van der Waals surface area (Å²) in [6, 6.07) is 16.2. The molecule has 0 unspecified atom stereocenters. The number of likely N-dealkylation sites (N-methyl/N-ethyl adjacent to an activating group) is 1. The van der Waals surface area contributed by atoms with Crippen molar-refractivity contribution in [3.63, 3.8) is 0 Å². The highest BCUT2D eigenvalue weighted by Gasteiger charge is 2.23. The Balaban J connectivity index is 1.62. The third kappa shape index (κ3) is 3.08. The molecule has 0 amide bonds. The van der Waals surface area contributed by atoms with E-state index >= 15 is 0 Å². The topological polar surface area (TPSA) is 65.2 Å². The molecule has 5 rings (SSSR count). The van der Waals surface area contributed by atoms with Crippen LogP contribution in [-0.2, 0) is 23.0 Å². The molecule has 0 aliphatic carbocycles. The number of H-pyrrole nitrogens is 1. The van der Waals surface area contributed by atoms with Gasteiger partial charge in [0.2, 0.25) is 0 Å². The fourth-order valence-corrected chi connectivity index (χ4v) is 5.69. The molecule has 0 fully saturated rings. The monoisotopic (exact) mass is 425 g/mol. The van der Waals surface area contributed by atoms with Crippen molar-refractivity contribution in [2.24, 2.45) is 0 Å². The van der Waals surface area contributed by atoms with Gasteiger partial charge in [-0.1, -0.05) is 48.0 Å². The molecule has 7 heteroatoms. The Labute approximate surface area is 174 Å². The summed E-state index contributed by atoms with van der Waals surface area (Å²) in [7, 11) is -1.71. The van der Waals surface area contributed by atoms with Gasteiger partial charge in [0.15, 0.2) is 0 Å². The summed E-state index contributed by atoms with van der Waals surface area (Å²) in [6.07, 6.45) is 0.948. The molecule has 29 heavy (non-hydrogen) atoms. The van der Waals surface area contributed by atoms with E-state index in [0.717, 1.165) is 36.1 Å². The molecule has 4 aromatic rings. The van der Waals surface area contributed by atoms with Gasteiger partial charge in [-0.15, -0.1) is 0 Å². The van der Waals surface area contributed by atoms with Crippen LogP contribution in [0, 0.1) is 0 Å². The zero-order valence-electron chi connectivity index (χ0n) is 15.9. The van der Waals surface area contributed by atoms with E-state index in [-0.39, 0.29) is 4.90 Å². The van der Waals surface area contributed by atoms with Gasteiger partial charge in [0.05, 0.1) is 16.1 Å². The fraction of sp³-hybridized carbons (Fsp3) is 0.182. The lowest BCUT2D eigenvalue weighted by Crippen LogP contribution is -2.26. The Hall–Kier alpha value is -2.54. The summed E-state index contributed by atoms with van der Waals surface area (Å²) in [5.74, 6) is 0. The van der Waals surface area contributed by atoms with Gasteiger partial charge in [0, 0.05) is 40.0 Å². The van der Waals surface area contributed by atoms with Crippen molar-refractivity contribution in [1.29, 1.82) is 0 Å². The number of aromatic nitrogens is 1. The summed E-state index contributed by atoms with van der Waals surface area (Å²) in [5, 5.41) is 2.93. The summed E-state index contributed by atoms with van der Waals surface area (Å²) in [5.41, 5.74) is 3.81. The molecule has 5 nitrogen and oxygen atoms in total. The Morgan fingerprint density at radius 3 is 2.59 bits per heavy atom. The van der Waals surface area contributed by atoms with Gasteiger partial charge < -0.3 is 9.88 Å². The van der Waals surface area contributed by atoms with Crippen LogP contribution < -0.4 is 4.72 Å². The summed E-state index contributed by atoms with van der Waals surface area (Å²) >= 11 is 6.26. The van der Waals surface area contributed by atoms with Crippen LogP contribution in [0.4, 0.5) is 5.69 Å². The second-order valence-electron chi connectivity index (χ2n) is 7.49. The SMILES string of the molecule is CN1CCc2c([nH]c3c(NS(=O)(=O)c4cccc5c(Cl)cccc45)cccc23)C1. The first-order valence-electron chi connectivity index (χ1n) is 9.45. The standard InChI is InChI=1S/C22H20ClN3O2S/c1-26-12-11-15-17-7-3-9-19(22(17)24-20(15)13-26)25-29(27,28)21-10-4-5-14-16(21)6-2-8-18(14)23/h2-10,24-25H,11-13H2,1H3. The van der Waals surface area contributed by atoms with E-state index in [0.29, 0.717) is 21.5 Å². The number of halogens is 1. The number of hydrogen-bond acceptors (Lipinski definition) is 3. The quantitative estimate of drug-likeness (QED) is 0.497. The maximum Gasteiger partial charge on any atom is 0.262 e. The highest BCUT2D eigenvalue weighted by molar-refractivity contribution is 7.93. The van der Waals surface area contributed by atoms with Crippen molar-refractivity contribution in [3.05, 3.63) is 70.9 Å². The van der Waals surface area contributed by atoms with E-state index in [1.54, 1.807) is 36.4 Å². The van der Waals surface area contributed by atoms with Crippen LogP contribution in [0.1, 0.15) is 11.3 Å². The molecule has 0 spiro atoms. The first-order valence-corrected chi connectivity index (χ1v) is 11.3. The minimum absolute atomic E-state index is 0.213. The molecule has 0 bridgehead atoms. The minimum atomic E-state index is -3.80. The normalized spacial score (nSPS) is 15.0. The van der Waals surface area contributed by atoms with Crippen LogP contribution in [0.15, 0.2) is 59.5 Å². The van der Waals surface area contributed by atoms with Gasteiger partial charge in [0.1, 0.15) is 0 Å². The maximum absolute atomic E-state index is 13.3. The smallest absolute Gasteiger partial charge is 0.262 e. The fourth-order valence-electron chi connectivity index (χ4n) is 4.16. The molecule has 2 N–H and O–H groups in total. The molecule has 0 saturated carbocycles. The minimum Gasteiger partial charge on any atom is -0.355 e. The van der Waals surface area contributed by atoms with Crippen LogP contribution in [0.3, 0.4) is 0 Å². The molecule has 0 radical (unpaired) electrons. The molecule has 1 aliphatic heterocycles. The van der Waals surface area contributed by atoms with Gasteiger partial charge in [-0.25, -0.2) is 8.42 Å².